The molecule has 2 heteroatoms. The number of rotatable bonds is 7. The van der Waals surface area contributed by atoms with E-state index in [0.29, 0.717) is 5.56 Å². The molecular formula is C50H35NO. The summed E-state index contributed by atoms with van der Waals surface area (Å²) in [6, 6.07) is 61.7. The molecule has 0 amide bonds. The third-order valence-corrected chi connectivity index (χ3v) is 9.70. The van der Waals surface area contributed by atoms with Crippen molar-refractivity contribution in [3.63, 3.8) is 0 Å². The van der Waals surface area contributed by atoms with Gasteiger partial charge in [-0.25, -0.2) is 0 Å². The SMILES string of the molecule is [2H]c1c([2H])c(-c2ccc(-c3ccc(N(c4ccc(-c5cccc6ccccc56)cc4)c4ccc(-c5cccc6ccccc56)cc4)cc3)cc2)c([2H])c([2H])c1O. The Labute approximate surface area is 309 Å². The molecule has 2 nitrogen and oxygen atoms in total. The van der Waals surface area contributed by atoms with E-state index in [4.69, 9.17) is 5.48 Å². The molecule has 0 aromatic heterocycles. The van der Waals surface area contributed by atoms with Gasteiger partial charge in [0, 0.05) is 17.1 Å². The van der Waals surface area contributed by atoms with Crippen LogP contribution < -0.4 is 4.90 Å². The summed E-state index contributed by atoms with van der Waals surface area (Å²) in [5, 5.41) is 14.9. The van der Waals surface area contributed by atoms with Crippen LogP contribution >= 0.6 is 0 Å². The van der Waals surface area contributed by atoms with Crippen LogP contribution in [0.1, 0.15) is 5.48 Å². The van der Waals surface area contributed by atoms with E-state index < -0.39 is 17.8 Å². The first-order valence-electron chi connectivity index (χ1n) is 19.3. The van der Waals surface area contributed by atoms with Crippen LogP contribution in [-0.4, -0.2) is 5.11 Å². The number of hydrogen-bond acceptors (Lipinski definition) is 2. The Morgan fingerprint density at radius 2 is 0.673 bits per heavy atom. The van der Waals surface area contributed by atoms with E-state index in [1.54, 1.807) is 12.1 Å². The highest BCUT2D eigenvalue weighted by Gasteiger charge is 2.15. The van der Waals surface area contributed by atoms with Gasteiger partial charge in [-0.2, -0.15) is 0 Å². The van der Waals surface area contributed by atoms with Crippen LogP contribution in [0, 0.1) is 0 Å². The van der Waals surface area contributed by atoms with E-state index in [0.717, 1.165) is 39.3 Å². The molecule has 9 aromatic carbocycles. The number of fused-ring (bicyclic) bond motifs is 2. The molecule has 0 aliphatic heterocycles. The molecule has 0 heterocycles. The van der Waals surface area contributed by atoms with Crippen LogP contribution in [0.2, 0.25) is 0 Å². The quantitative estimate of drug-likeness (QED) is 0.183. The minimum Gasteiger partial charge on any atom is -0.508 e. The summed E-state index contributed by atoms with van der Waals surface area (Å²) in [6.45, 7) is 0. The normalized spacial score (nSPS) is 12.2. The fourth-order valence-corrected chi connectivity index (χ4v) is 7.06. The van der Waals surface area contributed by atoms with Gasteiger partial charge in [0.15, 0.2) is 0 Å². The Bertz CT molecular complexity index is 2730. The van der Waals surface area contributed by atoms with Crippen molar-refractivity contribution < 1.29 is 10.6 Å². The van der Waals surface area contributed by atoms with Gasteiger partial charge in [-0.3, -0.25) is 0 Å². The Hall–Kier alpha value is -6.90. The summed E-state index contributed by atoms with van der Waals surface area (Å²) >= 11 is 0. The molecule has 0 radical (unpaired) electrons. The number of hydrogen-bond donors (Lipinski definition) is 1. The summed E-state index contributed by atoms with van der Waals surface area (Å²) in [5.74, 6) is -0.643. The summed E-state index contributed by atoms with van der Waals surface area (Å²) in [7, 11) is 0. The molecule has 0 aliphatic rings. The zero-order chi connectivity index (χ0) is 38.3. The van der Waals surface area contributed by atoms with Crippen molar-refractivity contribution in [2.75, 3.05) is 4.90 Å². The number of phenols is 1. The highest BCUT2D eigenvalue weighted by atomic mass is 16.3. The lowest BCUT2D eigenvalue weighted by molar-refractivity contribution is 0.475. The van der Waals surface area contributed by atoms with Crippen molar-refractivity contribution >= 4 is 38.6 Å². The van der Waals surface area contributed by atoms with E-state index in [-0.39, 0.29) is 17.6 Å². The standard InChI is InChI=1S/C50H35NO/c52-46-33-25-38(26-34-46)36-17-15-35(16-18-36)37-19-27-43(28-20-37)51(44-29-21-41(22-30-44)49-13-5-9-39-7-1-3-11-47(39)49)45-31-23-42(24-32-45)50-14-6-10-40-8-2-4-12-48(40)50/h1-34,52H/i25D,26D,33D,34D. The zero-order valence-electron chi connectivity index (χ0n) is 32.2. The van der Waals surface area contributed by atoms with Gasteiger partial charge in [-0.05, 0) is 115 Å². The van der Waals surface area contributed by atoms with E-state index in [1.165, 1.54) is 32.7 Å². The van der Waals surface area contributed by atoms with Gasteiger partial charge in [0.05, 0.1) is 5.48 Å². The zero-order valence-corrected chi connectivity index (χ0v) is 28.2. The number of aromatic hydroxyl groups is 1. The Balaban J connectivity index is 1.08. The summed E-state index contributed by atoms with van der Waals surface area (Å²) in [5.41, 5.74) is 10.4. The lowest BCUT2D eigenvalue weighted by Gasteiger charge is -2.26. The Kier molecular flexibility index (Phi) is 6.95. The van der Waals surface area contributed by atoms with Gasteiger partial charge >= 0.3 is 0 Å². The summed E-state index contributed by atoms with van der Waals surface area (Å²) in [4.78, 5) is 2.26. The molecule has 1 N–H and O–H groups in total. The van der Waals surface area contributed by atoms with E-state index >= 15 is 0 Å². The van der Waals surface area contributed by atoms with Gasteiger partial charge < -0.3 is 10.0 Å². The number of anilines is 3. The molecule has 0 saturated carbocycles. The first-order chi connectivity index (χ1) is 27.4. The minimum atomic E-state index is -0.643. The largest absolute Gasteiger partial charge is 0.508 e. The van der Waals surface area contributed by atoms with Crippen molar-refractivity contribution in [1.82, 2.24) is 0 Å². The second-order valence-corrected chi connectivity index (χ2v) is 12.8. The number of phenolic OH excluding ortho intramolecular Hbond substituents is 1. The molecule has 9 aromatic rings. The van der Waals surface area contributed by atoms with Crippen LogP contribution in [0.25, 0.3) is 66.1 Å². The maximum atomic E-state index is 10.0. The Morgan fingerprint density at radius 1 is 0.327 bits per heavy atom. The second kappa shape index (κ2) is 13.4. The average molecular weight is 670 g/mol. The molecular weight excluding hydrogens is 631 g/mol. The molecule has 0 atom stereocenters. The average Bonchev–Trinajstić information content (AvgIpc) is 3.26. The molecule has 0 unspecified atom stereocenters. The highest BCUT2D eigenvalue weighted by Crippen LogP contribution is 2.39. The van der Waals surface area contributed by atoms with Crippen molar-refractivity contribution in [3.8, 4) is 50.3 Å². The third kappa shape index (κ3) is 5.97. The van der Waals surface area contributed by atoms with E-state index in [1.807, 2.05) is 12.1 Å². The predicted octanol–water partition coefficient (Wildman–Crippen LogP) is 13.8. The third-order valence-electron chi connectivity index (χ3n) is 9.70. The lowest BCUT2D eigenvalue weighted by Crippen LogP contribution is -2.09. The number of benzene rings is 9. The monoisotopic (exact) mass is 669 g/mol. The van der Waals surface area contributed by atoms with Crippen molar-refractivity contribution in [1.29, 1.82) is 0 Å². The molecule has 0 bridgehead atoms. The minimum absolute atomic E-state index is 0.160. The van der Waals surface area contributed by atoms with E-state index in [2.05, 4.69) is 163 Å². The van der Waals surface area contributed by atoms with Crippen LogP contribution in [0.3, 0.4) is 0 Å². The molecule has 0 saturated heterocycles. The first kappa shape index (κ1) is 26.9. The van der Waals surface area contributed by atoms with Crippen LogP contribution in [0.4, 0.5) is 17.1 Å². The number of nitrogens with zero attached hydrogens (tertiary/aromatic N) is 1. The van der Waals surface area contributed by atoms with Crippen LogP contribution in [-0.2, 0) is 0 Å². The molecule has 9 rings (SSSR count). The van der Waals surface area contributed by atoms with Gasteiger partial charge in [0.2, 0.25) is 0 Å². The van der Waals surface area contributed by atoms with Gasteiger partial charge in [0.25, 0.3) is 0 Å². The second-order valence-electron chi connectivity index (χ2n) is 12.8. The highest BCUT2D eigenvalue weighted by molar-refractivity contribution is 5.98. The lowest BCUT2D eigenvalue weighted by atomic mass is 9.97. The van der Waals surface area contributed by atoms with Gasteiger partial charge in [0.1, 0.15) is 5.75 Å². The maximum Gasteiger partial charge on any atom is 0.115 e. The molecule has 0 aliphatic carbocycles. The smallest absolute Gasteiger partial charge is 0.115 e. The van der Waals surface area contributed by atoms with Crippen molar-refractivity contribution in [2.24, 2.45) is 0 Å². The van der Waals surface area contributed by atoms with Crippen molar-refractivity contribution in [2.45, 2.75) is 0 Å². The van der Waals surface area contributed by atoms with Crippen molar-refractivity contribution in [3.05, 3.63) is 206 Å². The van der Waals surface area contributed by atoms with E-state index in [9.17, 15) is 5.11 Å². The van der Waals surface area contributed by atoms with Gasteiger partial charge in [-0.15, -0.1) is 0 Å². The Morgan fingerprint density at radius 3 is 1.12 bits per heavy atom. The van der Waals surface area contributed by atoms with Gasteiger partial charge in [-0.1, -0.05) is 158 Å². The maximum absolute atomic E-state index is 10.0. The van der Waals surface area contributed by atoms with Crippen LogP contribution in [0.5, 0.6) is 5.75 Å². The predicted molar refractivity (Wildman–Crippen MR) is 220 cm³/mol. The molecule has 52 heavy (non-hydrogen) atoms. The topological polar surface area (TPSA) is 23.5 Å². The summed E-state index contributed by atoms with van der Waals surface area (Å²) in [6.07, 6.45) is 0. The molecule has 0 fully saturated rings. The fourth-order valence-electron chi connectivity index (χ4n) is 7.06. The first-order valence-corrected chi connectivity index (χ1v) is 17.3. The fraction of sp³-hybridized carbons (Fsp3) is 0. The molecule has 0 spiro atoms. The molecule has 246 valence electrons. The van der Waals surface area contributed by atoms with Crippen LogP contribution in [0.15, 0.2) is 206 Å². The summed E-state index contributed by atoms with van der Waals surface area (Å²) < 4.78 is 32.8.